The van der Waals surface area contributed by atoms with Gasteiger partial charge in [-0.05, 0) is 36.3 Å². The Hall–Kier alpha value is -0.613. The van der Waals surface area contributed by atoms with Gasteiger partial charge >= 0.3 is 0 Å². The van der Waals surface area contributed by atoms with Crippen LogP contribution in [0, 0.1) is 0 Å². The number of rotatable bonds is 2. The Bertz CT molecular complexity index is 385. The van der Waals surface area contributed by atoms with Crippen LogP contribution in [0.25, 0.3) is 0 Å². The molecule has 2 nitrogen and oxygen atoms in total. The summed E-state index contributed by atoms with van der Waals surface area (Å²) in [4.78, 5) is 0.774. The molecule has 2 N–H and O–H groups in total. The number of nitrogens with two attached hydrogens (primary N) is 1. The third kappa shape index (κ3) is 2.95. The van der Waals surface area contributed by atoms with E-state index >= 15 is 0 Å². The summed E-state index contributed by atoms with van der Waals surface area (Å²) < 4.78 is 6.14. The average molecular weight is 255 g/mol. The van der Waals surface area contributed by atoms with Gasteiger partial charge in [-0.3, -0.25) is 0 Å². The lowest BCUT2D eigenvalue weighted by Gasteiger charge is -2.36. The lowest BCUT2D eigenvalue weighted by molar-refractivity contribution is 0.491. The summed E-state index contributed by atoms with van der Waals surface area (Å²) in [5.74, 6) is 0.866. The fourth-order valence-electron chi connectivity index (χ4n) is 1.03. The van der Waals surface area contributed by atoms with Gasteiger partial charge in [-0.15, -0.1) is 12.6 Å². The molecule has 0 radical (unpaired) electrons. The van der Waals surface area contributed by atoms with Crippen LogP contribution in [-0.2, 0) is 0 Å². The molecule has 1 aromatic rings. The molecule has 0 aromatic heterocycles. The van der Waals surface area contributed by atoms with Crippen LogP contribution in [0.4, 0.5) is 5.69 Å². The number of anilines is 1. The van der Waals surface area contributed by atoms with E-state index in [1.54, 1.807) is 0 Å². The molecule has 0 fully saturated rings. The van der Waals surface area contributed by atoms with Gasteiger partial charge in [0.05, 0.1) is 0 Å². The van der Waals surface area contributed by atoms with Gasteiger partial charge in [0, 0.05) is 10.6 Å². The second kappa shape index (κ2) is 4.34. The number of hydrogen-bond donors (Lipinski definition) is 2. The maximum Gasteiger partial charge on any atom is 0.250 e. The molecule has 0 heterocycles. The summed E-state index contributed by atoms with van der Waals surface area (Å²) in [6, 6.07) is 5.64. The van der Waals surface area contributed by atoms with Crippen molar-refractivity contribution in [3.63, 3.8) is 0 Å². The predicted molar refractivity (Wildman–Crippen MR) is 75.9 cm³/mol. The summed E-state index contributed by atoms with van der Waals surface area (Å²) >= 11 is 4.30. The summed E-state index contributed by atoms with van der Waals surface area (Å²) in [7, 11) is -1.76. The summed E-state index contributed by atoms with van der Waals surface area (Å²) in [6.07, 6.45) is 0. The molecule has 4 heteroatoms. The van der Waals surface area contributed by atoms with E-state index in [-0.39, 0.29) is 5.04 Å². The van der Waals surface area contributed by atoms with E-state index in [1.807, 2.05) is 18.2 Å². The SMILES string of the molecule is CC(C)(C)[Si](C)(C)Oc1ccc(N)c(S)c1. The third-order valence-electron chi connectivity index (χ3n) is 3.18. The molecule has 0 spiro atoms. The first-order valence-electron chi connectivity index (χ1n) is 5.41. The molecular weight excluding hydrogens is 234 g/mol. The Balaban J connectivity index is 2.93. The molecule has 0 saturated heterocycles. The molecule has 0 aliphatic rings. The zero-order valence-electron chi connectivity index (χ0n) is 10.7. The first-order chi connectivity index (χ1) is 7.13. The maximum atomic E-state index is 6.14. The molecule has 0 unspecified atom stereocenters. The van der Waals surface area contributed by atoms with Crippen molar-refractivity contribution in [1.82, 2.24) is 0 Å². The highest BCUT2D eigenvalue weighted by molar-refractivity contribution is 7.80. The molecule has 16 heavy (non-hydrogen) atoms. The maximum absolute atomic E-state index is 6.14. The number of thiol groups is 1. The quantitative estimate of drug-likeness (QED) is 0.477. The van der Waals surface area contributed by atoms with Gasteiger partial charge in [0.15, 0.2) is 0 Å². The van der Waals surface area contributed by atoms with Crippen molar-refractivity contribution in [3.8, 4) is 5.75 Å². The van der Waals surface area contributed by atoms with Gasteiger partial charge in [0.25, 0.3) is 0 Å². The standard InChI is InChI=1S/C12H21NOSSi/c1-12(2,3)16(4,5)14-9-6-7-10(13)11(15)8-9/h6-8,15H,13H2,1-5H3. The second-order valence-electron chi connectivity index (χ2n) is 5.58. The van der Waals surface area contributed by atoms with Gasteiger partial charge in [-0.25, -0.2) is 0 Å². The van der Waals surface area contributed by atoms with Gasteiger partial charge in [0.1, 0.15) is 5.75 Å². The fourth-order valence-corrected chi connectivity index (χ4v) is 2.26. The lowest BCUT2D eigenvalue weighted by Crippen LogP contribution is -2.43. The van der Waals surface area contributed by atoms with Crippen molar-refractivity contribution in [3.05, 3.63) is 18.2 Å². The molecular formula is C12H21NOSSi. The Labute approximate surface area is 105 Å². The number of nitrogen functional groups attached to an aromatic ring is 1. The van der Waals surface area contributed by atoms with E-state index in [9.17, 15) is 0 Å². The molecule has 0 bridgehead atoms. The van der Waals surface area contributed by atoms with Crippen LogP contribution in [0.5, 0.6) is 5.75 Å². The van der Waals surface area contributed by atoms with Gasteiger partial charge in [0.2, 0.25) is 8.32 Å². The Morgan fingerprint density at radius 2 is 1.81 bits per heavy atom. The zero-order valence-corrected chi connectivity index (χ0v) is 12.6. The molecule has 0 aliphatic carbocycles. The monoisotopic (exact) mass is 255 g/mol. The van der Waals surface area contributed by atoms with Gasteiger partial charge in [-0.2, -0.15) is 0 Å². The Morgan fingerprint density at radius 3 is 2.25 bits per heavy atom. The minimum absolute atomic E-state index is 0.200. The second-order valence-corrected chi connectivity index (χ2v) is 10.8. The largest absolute Gasteiger partial charge is 0.543 e. The van der Waals surface area contributed by atoms with Crippen molar-refractivity contribution in [1.29, 1.82) is 0 Å². The minimum atomic E-state index is -1.76. The molecule has 0 atom stereocenters. The van der Waals surface area contributed by atoms with Crippen molar-refractivity contribution in [2.75, 3.05) is 5.73 Å². The van der Waals surface area contributed by atoms with Crippen molar-refractivity contribution >= 4 is 26.6 Å². The van der Waals surface area contributed by atoms with E-state index in [4.69, 9.17) is 10.2 Å². The minimum Gasteiger partial charge on any atom is -0.543 e. The fraction of sp³-hybridized carbons (Fsp3) is 0.500. The lowest BCUT2D eigenvalue weighted by atomic mass is 10.2. The first kappa shape index (κ1) is 13.5. The van der Waals surface area contributed by atoms with Crippen LogP contribution in [0.2, 0.25) is 18.1 Å². The van der Waals surface area contributed by atoms with Crippen molar-refractivity contribution in [2.24, 2.45) is 0 Å². The zero-order chi connectivity index (χ0) is 12.6. The molecule has 90 valence electrons. The number of hydrogen-bond acceptors (Lipinski definition) is 3. The summed E-state index contributed by atoms with van der Waals surface area (Å²) in [6.45, 7) is 11.1. The normalized spacial score (nSPS) is 12.6. The van der Waals surface area contributed by atoms with E-state index in [0.29, 0.717) is 5.69 Å². The Morgan fingerprint density at radius 1 is 1.25 bits per heavy atom. The molecule has 1 aromatic carbocycles. The molecule has 0 saturated carbocycles. The van der Waals surface area contributed by atoms with Crippen LogP contribution in [0.1, 0.15) is 20.8 Å². The van der Waals surface area contributed by atoms with E-state index in [2.05, 4.69) is 46.5 Å². The first-order valence-corrected chi connectivity index (χ1v) is 8.76. The van der Waals surface area contributed by atoms with Crippen LogP contribution >= 0.6 is 12.6 Å². The summed E-state index contributed by atoms with van der Waals surface area (Å²) in [5, 5.41) is 0.200. The number of benzene rings is 1. The van der Waals surface area contributed by atoms with E-state index in [0.717, 1.165) is 10.6 Å². The molecule has 1 rings (SSSR count). The Kier molecular flexibility index (Phi) is 3.64. The van der Waals surface area contributed by atoms with Crippen LogP contribution in [-0.4, -0.2) is 8.32 Å². The van der Waals surface area contributed by atoms with Gasteiger partial charge < -0.3 is 10.2 Å². The van der Waals surface area contributed by atoms with Crippen LogP contribution in [0.3, 0.4) is 0 Å². The van der Waals surface area contributed by atoms with Crippen molar-refractivity contribution < 1.29 is 4.43 Å². The van der Waals surface area contributed by atoms with Gasteiger partial charge in [-0.1, -0.05) is 20.8 Å². The average Bonchev–Trinajstić information content (AvgIpc) is 2.09. The van der Waals surface area contributed by atoms with Crippen LogP contribution in [0.15, 0.2) is 23.1 Å². The highest BCUT2D eigenvalue weighted by Gasteiger charge is 2.38. The highest BCUT2D eigenvalue weighted by atomic mass is 32.1. The molecule has 0 amide bonds. The summed E-state index contributed by atoms with van der Waals surface area (Å²) in [5.41, 5.74) is 6.40. The predicted octanol–water partition coefficient (Wildman–Crippen LogP) is 3.94. The molecule has 0 aliphatic heterocycles. The van der Waals surface area contributed by atoms with Crippen molar-refractivity contribution in [2.45, 2.75) is 43.8 Å². The van der Waals surface area contributed by atoms with Crippen LogP contribution < -0.4 is 10.2 Å². The third-order valence-corrected chi connectivity index (χ3v) is 7.93. The van der Waals surface area contributed by atoms with E-state index in [1.165, 1.54) is 0 Å². The highest BCUT2D eigenvalue weighted by Crippen LogP contribution is 2.38. The smallest absolute Gasteiger partial charge is 0.250 e. The van der Waals surface area contributed by atoms with E-state index < -0.39 is 8.32 Å². The topological polar surface area (TPSA) is 35.2 Å².